The molecular formula is C23H23N7O5S. The lowest BCUT2D eigenvalue weighted by atomic mass is 9.98. The first-order valence-corrected chi connectivity index (χ1v) is 12.0. The number of carbonyl (C=O) groups is 2. The molecule has 0 saturated carbocycles. The molecule has 1 aliphatic heterocycles. The topological polar surface area (TPSA) is 144 Å². The van der Waals surface area contributed by atoms with Gasteiger partial charge in [0.2, 0.25) is 11.3 Å². The lowest BCUT2D eigenvalue weighted by Gasteiger charge is -2.39. The van der Waals surface area contributed by atoms with Crippen LogP contribution in [0.15, 0.2) is 40.9 Å². The minimum Gasteiger partial charge on any atom is -0.477 e. The van der Waals surface area contributed by atoms with E-state index in [9.17, 15) is 19.5 Å². The van der Waals surface area contributed by atoms with E-state index in [4.69, 9.17) is 4.74 Å². The Kier molecular flexibility index (Phi) is 6.24. The van der Waals surface area contributed by atoms with E-state index >= 15 is 0 Å². The summed E-state index contributed by atoms with van der Waals surface area (Å²) in [6.07, 6.45) is 4.64. The quantitative estimate of drug-likeness (QED) is 0.363. The molecule has 0 aliphatic carbocycles. The molecule has 2 N–H and O–H groups in total. The molecule has 13 heteroatoms. The predicted molar refractivity (Wildman–Crippen MR) is 133 cm³/mol. The molecule has 0 unspecified atom stereocenters. The van der Waals surface area contributed by atoms with Crippen molar-refractivity contribution in [2.75, 3.05) is 37.0 Å². The maximum absolute atomic E-state index is 12.9. The first kappa shape index (κ1) is 23.6. The zero-order valence-corrected chi connectivity index (χ0v) is 20.4. The summed E-state index contributed by atoms with van der Waals surface area (Å²) in [6, 6.07) is 3.48. The fourth-order valence-electron chi connectivity index (χ4n) is 4.07. The van der Waals surface area contributed by atoms with E-state index < -0.39 is 11.4 Å². The molecule has 36 heavy (non-hydrogen) atoms. The summed E-state index contributed by atoms with van der Waals surface area (Å²) in [5, 5.41) is 19.2. The van der Waals surface area contributed by atoms with Gasteiger partial charge in [-0.15, -0.1) is 11.3 Å². The highest BCUT2D eigenvalue weighted by Gasteiger charge is 2.34. The van der Waals surface area contributed by atoms with E-state index in [1.165, 1.54) is 22.1 Å². The summed E-state index contributed by atoms with van der Waals surface area (Å²) in [4.78, 5) is 48.2. The molecule has 0 aromatic carbocycles. The highest BCUT2D eigenvalue weighted by atomic mass is 32.1. The van der Waals surface area contributed by atoms with Gasteiger partial charge in [0, 0.05) is 50.2 Å². The molecule has 186 valence electrons. The number of methoxy groups -OCH3 is 1. The maximum atomic E-state index is 12.9. The van der Waals surface area contributed by atoms with Crippen molar-refractivity contribution in [3.63, 3.8) is 0 Å². The van der Waals surface area contributed by atoms with Gasteiger partial charge in [-0.3, -0.25) is 18.8 Å². The monoisotopic (exact) mass is 509 g/mol. The number of carbonyl (C=O) groups excluding carboxylic acids is 1. The normalized spacial score (nSPS) is 13.7. The smallest absolute Gasteiger partial charge is 0.341 e. The average molecular weight is 510 g/mol. The number of nitrogens with one attached hydrogen (secondary N) is 1. The van der Waals surface area contributed by atoms with Crippen molar-refractivity contribution in [1.29, 1.82) is 0 Å². The number of hydrogen-bond donors (Lipinski definition) is 2. The second-order valence-corrected chi connectivity index (χ2v) is 9.28. The Hall–Kier alpha value is -4.10. The minimum atomic E-state index is -1.31. The molecule has 0 radical (unpaired) electrons. The van der Waals surface area contributed by atoms with E-state index in [1.807, 2.05) is 4.90 Å². The second-order valence-electron chi connectivity index (χ2n) is 8.41. The highest BCUT2D eigenvalue weighted by Crippen LogP contribution is 2.29. The number of aromatic nitrogens is 5. The molecular weight excluding hydrogens is 486 g/mol. The largest absolute Gasteiger partial charge is 0.477 e. The summed E-state index contributed by atoms with van der Waals surface area (Å²) >= 11 is 1.30. The third kappa shape index (κ3) is 4.33. The fraction of sp³-hybridized carbons (Fsp3) is 0.304. The number of rotatable bonds is 8. The maximum Gasteiger partial charge on any atom is 0.341 e. The molecule has 1 amide bonds. The van der Waals surface area contributed by atoms with Crippen LogP contribution >= 0.6 is 11.3 Å². The van der Waals surface area contributed by atoms with Gasteiger partial charge >= 0.3 is 5.97 Å². The minimum absolute atomic E-state index is 0.133. The zero-order valence-electron chi connectivity index (χ0n) is 19.5. The predicted octanol–water partition coefficient (Wildman–Crippen LogP) is 1.77. The Morgan fingerprint density at radius 1 is 1.33 bits per heavy atom. The number of thiazole rings is 1. The molecule has 1 aliphatic rings. The van der Waals surface area contributed by atoms with Gasteiger partial charge in [-0.1, -0.05) is 0 Å². The number of pyridine rings is 2. The molecule has 0 atom stereocenters. The molecule has 5 rings (SSSR count). The number of fused-ring (bicyclic) bond motifs is 1. The number of nitrogens with zero attached hydrogens (tertiary/aromatic N) is 6. The highest BCUT2D eigenvalue weighted by molar-refractivity contribution is 7.12. The second kappa shape index (κ2) is 9.51. The van der Waals surface area contributed by atoms with E-state index in [2.05, 4.69) is 20.4 Å². The molecule has 1 saturated heterocycles. The van der Waals surface area contributed by atoms with Crippen LogP contribution in [0.1, 0.15) is 15.9 Å². The van der Waals surface area contributed by atoms with Crippen molar-refractivity contribution in [2.24, 2.45) is 5.92 Å². The SMILES string of the molecule is COCCn1ccc(NC(=O)C2CN(c3cc(C)c4c(=O)c(C(=O)O)cn(-c5nccs5)c4n3)C2)n1. The van der Waals surface area contributed by atoms with Gasteiger partial charge in [0.1, 0.15) is 11.4 Å². The van der Waals surface area contributed by atoms with Crippen molar-refractivity contribution < 1.29 is 19.4 Å². The number of aromatic carboxylic acids is 1. The van der Waals surface area contributed by atoms with Crippen molar-refractivity contribution in [2.45, 2.75) is 13.5 Å². The Bertz CT molecular complexity index is 1510. The Morgan fingerprint density at radius 3 is 2.83 bits per heavy atom. The first-order valence-electron chi connectivity index (χ1n) is 11.1. The van der Waals surface area contributed by atoms with Crippen LogP contribution in [0.2, 0.25) is 0 Å². The van der Waals surface area contributed by atoms with Crippen LogP contribution in [0, 0.1) is 12.8 Å². The van der Waals surface area contributed by atoms with E-state index in [0.717, 1.165) is 0 Å². The summed E-state index contributed by atoms with van der Waals surface area (Å²) < 4.78 is 8.27. The van der Waals surface area contributed by atoms with Gasteiger partial charge in [-0.2, -0.15) is 5.10 Å². The Balaban J connectivity index is 1.38. The van der Waals surface area contributed by atoms with Crippen LogP contribution in [0.25, 0.3) is 16.2 Å². The molecule has 12 nitrogen and oxygen atoms in total. The lowest BCUT2D eigenvalue weighted by molar-refractivity contribution is -0.120. The number of amides is 1. The third-order valence-corrected chi connectivity index (χ3v) is 6.76. The fourth-order valence-corrected chi connectivity index (χ4v) is 4.69. The van der Waals surface area contributed by atoms with Gasteiger partial charge in [-0.05, 0) is 18.6 Å². The van der Waals surface area contributed by atoms with E-state index in [0.29, 0.717) is 54.2 Å². The standard InChI is InChI=1S/C23H23N7O5S/c1-13-9-17(28-10-14(11-28)21(32)25-16-3-5-29(27-16)6-7-35-2)26-20-18(13)19(31)15(22(33)34)12-30(20)23-24-4-8-36-23/h3-5,8-9,12,14H,6-7,10-11H2,1-2H3,(H,33,34)(H,25,27,32). The molecule has 5 heterocycles. The van der Waals surface area contributed by atoms with E-state index in [-0.39, 0.29) is 22.8 Å². The van der Waals surface area contributed by atoms with Crippen molar-refractivity contribution in [1.82, 2.24) is 24.3 Å². The van der Waals surface area contributed by atoms with Crippen LogP contribution in [0.3, 0.4) is 0 Å². The van der Waals surface area contributed by atoms with E-state index in [1.54, 1.807) is 48.6 Å². The average Bonchev–Trinajstić information content (AvgIpc) is 3.49. The lowest BCUT2D eigenvalue weighted by Crippen LogP contribution is -2.52. The summed E-state index contributed by atoms with van der Waals surface area (Å²) in [5.41, 5.74) is -0.0132. The molecule has 1 fully saturated rings. The van der Waals surface area contributed by atoms with Gasteiger partial charge in [0.15, 0.2) is 16.6 Å². The molecule has 4 aromatic rings. The van der Waals surface area contributed by atoms with Crippen molar-refractivity contribution in [3.05, 3.63) is 57.5 Å². The van der Waals surface area contributed by atoms with Gasteiger partial charge in [0.25, 0.3) is 0 Å². The van der Waals surface area contributed by atoms with Crippen LogP contribution in [-0.2, 0) is 16.1 Å². The molecule has 0 bridgehead atoms. The van der Waals surface area contributed by atoms with Crippen molar-refractivity contribution >= 4 is 45.9 Å². The summed E-state index contributed by atoms with van der Waals surface area (Å²) in [7, 11) is 1.62. The summed E-state index contributed by atoms with van der Waals surface area (Å²) in [6.45, 7) is 3.76. The molecule has 0 spiro atoms. The van der Waals surface area contributed by atoms with Gasteiger partial charge in [0.05, 0.1) is 24.5 Å². The summed E-state index contributed by atoms with van der Waals surface area (Å²) in [5.74, 6) is -0.610. The van der Waals surface area contributed by atoms with Crippen molar-refractivity contribution in [3.8, 4) is 5.13 Å². The molecule has 4 aromatic heterocycles. The van der Waals surface area contributed by atoms with Crippen LogP contribution in [-0.4, -0.2) is 68.1 Å². The Morgan fingerprint density at radius 2 is 2.14 bits per heavy atom. The van der Waals surface area contributed by atoms with Crippen LogP contribution in [0.5, 0.6) is 0 Å². The number of aryl methyl sites for hydroxylation is 1. The number of ether oxygens (including phenoxy) is 1. The van der Waals surface area contributed by atoms with Gasteiger partial charge < -0.3 is 20.1 Å². The number of hydrogen-bond acceptors (Lipinski definition) is 9. The Labute approximate surface area is 208 Å². The van der Waals surface area contributed by atoms with Crippen LogP contribution < -0.4 is 15.6 Å². The first-order chi connectivity index (χ1) is 17.4. The van der Waals surface area contributed by atoms with Crippen LogP contribution in [0.4, 0.5) is 11.6 Å². The number of carboxylic acid groups (broad SMARTS) is 1. The number of anilines is 2. The van der Waals surface area contributed by atoms with Gasteiger partial charge in [-0.25, -0.2) is 14.8 Å². The zero-order chi connectivity index (χ0) is 25.4. The third-order valence-electron chi connectivity index (χ3n) is 5.99. The number of carboxylic acids is 1.